The highest BCUT2D eigenvalue weighted by atomic mass is 16.5. The van der Waals surface area contributed by atoms with Gasteiger partial charge in [-0.2, -0.15) is 0 Å². The Labute approximate surface area is 105 Å². The minimum Gasteiger partial charge on any atom is -0.480 e. The summed E-state index contributed by atoms with van der Waals surface area (Å²) in [6.45, 7) is 2.91. The molecule has 6 nitrogen and oxygen atoms in total. The van der Waals surface area contributed by atoms with Gasteiger partial charge >= 0.3 is 5.97 Å². The molecule has 0 radical (unpaired) electrons. The van der Waals surface area contributed by atoms with Crippen LogP contribution >= 0.6 is 0 Å². The van der Waals surface area contributed by atoms with E-state index < -0.39 is 17.4 Å². The topological polar surface area (TPSA) is 79.7 Å². The molecule has 0 aliphatic rings. The molecule has 0 aliphatic heterocycles. The number of carbonyl (C=O) groups excluding carboxylic acids is 1. The smallest absolute Gasteiger partial charge is 0.329 e. The standard InChI is InChI=1S/C12H16N2O4/c1-12(2,11(16)17)14(3)10(15)8-6-5-7-13-9(8)18-4/h5-7H,1-4H3,(H,16,17). The molecule has 18 heavy (non-hydrogen) atoms. The van der Waals surface area contributed by atoms with Crippen LogP contribution in [0.25, 0.3) is 0 Å². The van der Waals surface area contributed by atoms with Crippen LogP contribution in [0, 0.1) is 0 Å². The Morgan fingerprint density at radius 2 is 2.06 bits per heavy atom. The van der Waals surface area contributed by atoms with Gasteiger partial charge in [0.1, 0.15) is 11.1 Å². The van der Waals surface area contributed by atoms with Crippen molar-refractivity contribution < 1.29 is 19.4 Å². The van der Waals surface area contributed by atoms with E-state index in [1.165, 1.54) is 34.2 Å². The van der Waals surface area contributed by atoms with Crippen LogP contribution in [0.4, 0.5) is 0 Å². The van der Waals surface area contributed by atoms with Crippen LogP contribution in [0.5, 0.6) is 5.88 Å². The molecule has 6 heteroatoms. The molecule has 0 saturated heterocycles. The number of hydrogen-bond acceptors (Lipinski definition) is 4. The summed E-state index contributed by atoms with van der Waals surface area (Å²) < 4.78 is 4.98. The summed E-state index contributed by atoms with van der Waals surface area (Å²) in [6, 6.07) is 3.14. The summed E-state index contributed by atoms with van der Waals surface area (Å²) in [6.07, 6.45) is 1.50. The fourth-order valence-corrected chi connectivity index (χ4v) is 1.29. The van der Waals surface area contributed by atoms with E-state index in [4.69, 9.17) is 9.84 Å². The summed E-state index contributed by atoms with van der Waals surface area (Å²) in [5.74, 6) is -1.36. The van der Waals surface area contributed by atoms with Gasteiger partial charge in [-0.15, -0.1) is 0 Å². The number of aromatic nitrogens is 1. The van der Waals surface area contributed by atoms with Crippen LogP contribution < -0.4 is 4.74 Å². The Hall–Kier alpha value is -2.11. The quantitative estimate of drug-likeness (QED) is 0.865. The molecule has 0 aromatic carbocycles. The third-order valence-corrected chi connectivity index (χ3v) is 2.86. The number of carbonyl (C=O) groups is 2. The van der Waals surface area contributed by atoms with Gasteiger partial charge in [-0.25, -0.2) is 9.78 Å². The van der Waals surface area contributed by atoms with Gasteiger partial charge in [0.05, 0.1) is 7.11 Å². The zero-order valence-corrected chi connectivity index (χ0v) is 10.8. The second kappa shape index (κ2) is 5.03. The van der Waals surface area contributed by atoms with Gasteiger partial charge in [0.2, 0.25) is 5.88 Å². The molecular weight excluding hydrogens is 236 g/mol. The largest absolute Gasteiger partial charge is 0.480 e. The SMILES string of the molecule is COc1ncccc1C(=O)N(C)C(C)(C)C(=O)O. The third-order valence-electron chi connectivity index (χ3n) is 2.86. The lowest BCUT2D eigenvalue weighted by molar-refractivity contribution is -0.147. The Kier molecular flexibility index (Phi) is 3.90. The van der Waals surface area contributed by atoms with Crippen LogP contribution in [0.15, 0.2) is 18.3 Å². The zero-order valence-electron chi connectivity index (χ0n) is 10.8. The number of rotatable bonds is 4. The maximum atomic E-state index is 12.2. The molecule has 1 amide bonds. The molecule has 0 atom stereocenters. The average molecular weight is 252 g/mol. The minimum absolute atomic E-state index is 0.176. The van der Waals surface area contributed by atoms with Crippen molar-refractivity contribution in [1.82, 2.24) is 9.88 Å². The van der Waals surface area contributed by atoms with Crippen molar-refractivity contribution in [2.24, 2.45) is 0 Å². The van der Waals surface area contributed by atoms with Gasteiger partial charge in [0.15, 0.2) is 0 Å². The fraction of sp³-hybridized carbons (Fsp3) is 0.417. The summed E-state index contributed by atoms with van der Waals surface area (Å²) in [5, 5.41) is 9.09. The molecular formula is C12H16N2O4. The second-order valence-corrected chi connectivity index (χ2v) is 4.29. The maximum absolute atomic E-state index is 12.2. The van der Waals surface area contributed by atoms with E-state index in [1.54, 1.807) is 12.1 Å². The first kappa shape index (κ1) is 14.0. The highest BCUT2D eigenvalue weighted by Crippen LogP contribution is 2.20. The molecule has 1 aromatic rings. The normalized spacial score (nSPS) is 10.9. The molecule has 0 saturated carbocycles. The predicted octanol–water partition coefficient (Wildman–Crippen LogP) is 1.03. The first-order chi connectivity index (χ1) is 8.32. The highest BCUT2D eigenvalue weighted by molar-refractivity contribution is 5.99. The highest BCUT2D eigenvalue weighted by Gasteiger charge is 2.36. The predicted molar refractivity (Wildman–Crippen MR) is 64.6 cm³/mol. The van der Waals surface area contributed by atoms with Gasteiger partial charge < -0.3 is 14.7 Å². The van der Waals surface area contributed by atoms with Crippen LogP contribution in [0.3, 0.4) is 0 Å². The van der Waals surface area contributed by atoms with Crippen molar-refractivity contribution in [2.45, 2.75) is 19.4 Å². The summed E-state index contributed by atoms with van der Waals surface area (Å²) in [5.41, 5.74) is -1.07. The van der Waals surface area contributed by atoms with Gasteiger partial charge in [-0.3, -0.25) is 4.79 Å². The average Bonchev–Trinajstić information content (AvgIpc) is 2.36. The lowest BCUT2D eigenvalue weighted by Gasteiger charge is -2.31. The van der Waals surface area contributed by atoms with Crippen LogP contribution in [-0.2, 0) is 4.79 Å². The number of likely N-dealkylation sites (N-methyl/N-ethyl adjacent to an activating group) is 1. The van der Waals surface area contributed by atoms with Crippen molar-refractivity contribution in [3.63, 3.8) is 0 Å². The molecule has 0 spiro atoms. The molecule has 1 aromatic heterocycles. The molecule has 0 aliphatic carbocycles. The number of ether oxygens (including phenoxy) is 1. The van der Waals surface area contributed by atoms with Crippen LogP contribution in [0.2, 0.25) is 0 Å². The zero-order chi connectivity index (χ0) is 13.9. The third kappa shape index (κ3) is 2.42. The lowest BCUT2D eigenvalue weighted by atomic mass is 10.0. The summed E-state index contributed by atoms with van der Waals surface area (Å²) >= 11 is 0. The van der Waals surface area contributed by atoms with Crippen LogP contribution in [0.1, 0.15) is 24.2 Å². The lowest BCUT2D eigenvalue weighted by Crippen LogP contribution is -2.50. The van der Waals surface area contributed by atoms with E-state index in [-0.39, 0.29) is 11.4 Å². The van der Waals surface area contributed by atoms with Gasteiger partial charge in [0, 0.05) is 13.2 Å². The minimum atomic E-state index is -1.31. The number of nitrogens with zero attached hydrogens (tertiary/aromatic N) is 2. The summed E-state index contributed by atoms with van der Waals surface area (Å²) in [4.78, 5) is 28.4. The molecule has 0 bridgehead atoms. The van der Waals surface area contributed by atoms with Crippen molar-refractivity contribution >= 4 is 11.9 Å². The monoisotopic (exact) mass is 252 g/mol. The Morgan fingerprint density at radius 3 is 2.56 bits per heavy atom. The van der Waals surface area contributed by atoms with Crippen molar-refractivity contribution in [1.29, 1.82) is 0 Å². The van der Waals surface area contributed by atoms with Crippen molar-refractivity contribution in [3.05, 3.63) is 23.9 Å². The van der Waals surface area contributed by atoms with Gasteiger partial charge in [-0.1, -0.05) is 0 Å². The number of aliphatic carboxylic acids is 1. The number of methoxy groups -OCH3 is 1. The Bertz CT molecular complexity index is 471. The maximum Gasteiger partial charge on any atom is 0.329 e. The van der Waals surface area contributed by atoms with E-state index in [9.17, 15) is 9.59 Å². The van der Waals surface area contributed by atoms with E-state index in [0.717, 1.165) is 4.90 Å². The number of carboxylic acid groups (broad SMARTS) is 1. The molecule has 1 rings (SSSR count). The van der Waals surface area contributed by atoms with E-state index in [1.807, 2.05) is 0 Å². The number of pyridine rings is 1. The molecule has 0 unspecified atom stereocenters. The fourth-order valence-electron chi connectivity index (χ4n) is 1.29. The first-order valence-corrected chi connectivity index (χ1v) is 5.33. The van der Waals surface area contributed by atoms with Crippen molar-refractivity contribution in [3.8, 4) is 5.88 Å². The Balaban J connectivity index is 3.11. The molecule has 1 heterocycles. The molecule has 0 fully saturated rings. The number of carboxylic acids is 1. The summed E-state index contributed by atoms with van der Waals surface area (Å²) in [7, 11) is 2.84. The second-order valence-electron chi connectivity index (χ2n) is 4.29. The first-order valence-electron chi connectivity index (χ1n) is 5.33. The number of hydrogen-bond donors (Lipinski definition) is 1. The molecule has 98 valence electrons. The van der Waals surface area contributed by atoms with E-state index in [0.29, 0.717) is 0 Å². The van der Waals surface area contributed by atoms with Gasteiger partial charge in [-0.05, 0) is 26.0 Å². The number of amides is 1. The molecule has 1 N–H and O–H groups in total. The van der Waals surface area contributed by atoms with Gasteiger partial charge in [0.25, 0.3) is 5.91 Å². The van der Waals surface area contributed by atoms with E-state index in [2.05, 4.69) is 4.98 Å². The van der Waals surface area contributed by atoms with Crippen molar-refractivity contribution in [2.75, 3.05) is 14.2 Å². The van der Waals surface area contributed by atoms with Crippen LogP contribution in [-0.4, -0.2) is 46.6 Å². The Morgan fingerprint density at radius 1 is 1.44 bits per heavy atom. The van der Waals surface area contributed by atoms with E-state index >= 15 is 0 Å².